The van der Waals surface area contributed by atoms with Crippen molar-refractivity contribution in [2.75, 3.05) is 12.4 Å². The van der Waals surface area contributed by atoms with Gasteiger partial charge in [0, 0.05) is 6.08 Å². The second-order valence-electron chi connectivity index (χ2n) is 4.65. The van der Waals surface area contributed by atoms with Gasteiger partial charge < -0.3 is 10.1 Å². The number of carbonyl (C=O) groups excluding carboxylic acids is 1. The highest BCUT2D eigenvalue weighted by atomic mass is 35.5. The number of halogens is 2. The maximum Gasteiger partial charge on any atom is 0.250 e. The molecular formula is C17H14Cl2N2O2S. The average molecular weight is 381 g/mol. The fourth-order valence-corrected chi connectivity index (χ4v) is 2.50. The van der Waals surface area contributed by atoms with Gasteiger partial charge in [0.15, 0.2) is 5.11 Å². The van der Waals surface area contributed by atoms with Crippen molar-refractivity contribution in [3.8, 4) is 5.75 Å². The molecule has 2 aromatic rings. The maximum atomic E-state index is 11.9. The third kappa shape index (κ3) is 5.23. The molecule has 0 unspecified atom stereocenters. The Morgan fingerprint density at radius 1 is 1.12 bits per heavy atom. The van der Waals surface area contributed by atoms with Gasteiger partial charge in [-0.3, -0.25) is 10.1 Å². The van der Waals surface area contributed by atoms with Crippen LogP contribution in [-0.4, -0.2) is 18.1 Å². The Kier molecular flexibility index (Phi) is 6.61. The zero-order valence-electron chi connectivity index (χ0n) is 12.7. The molecule has 4 nitrogen and oxygen atoms in total. The van der Waals surface area contributed by atoms with Crippen LogP contribution in [0.4, 0.5) is 5.69 Å². The van der Waals surface area contributed by atoms with Crippen molar-refractivity contribution in [1.29, 1.82) is 0 Å². The number of amides is 1. The van der Waals surface area contributed by atoms with Gasteiger partial charge in [-0.05, 0) is 48.1 Å². The Balaban J connectivity index is 1.93. The number of hydrogen-bond acceptors (Lipinski definition) is 3. The van der Waals surface area contributed by atoms with Crippen LogP contribution in [0.3, 0.4) is 0 Å². The predicted molar refractivity (Wildman–Crippen MR) is 103 cm³/mol. The highest BCUT2D eigenvalue weighted by molar-refractivity contribution is 7.80. The molecule has 2 N–H and O–H groups in total. The van der Waals surface area contributed by atoms with Crippen molar-refractivity contribution in [3.05, 3.63) is 64.1 Å². The van der Waals surface area contributed by atoms with E-state index in [2.05, 4.69) is 10.6 Å². The number of thiocarbonyl (C=S) groups is 1. The summed E-state index contributed by atoms with van der Waals surface area (Å²) >= 11 is 17.1. The Hall–Kier alpha value is -2.08. The summed E-state index contributed by atoms with van der Waals surface area (Å²) in [6.45, 7) is 0. The number of carbonyl (C=O) groups is 1. The molecule has 0 aromatic heterocycles. The number of hydrogen-bond donors (Lipinski definition) is 2. The first-order valence-electron chi connectivity index (χ1n) is 6.87. The smallest absolute Gasteiger partial charge is 0.250 e. The summed E-state index contributed by atoms with van der Waals surface area (Å²) in [4.78, 5) is 11.9. The van der Waals surface area contributed by atoms with Crippen LogP contribution < -0.4 is 15.4 Å². The third-order valence-corrected chi connectivity index (χ3v) is 3.82. The standard InChI is InChI=1S/C17H14Cl2N2O2S/c1-23-12-8-5-11(6-9-12)7-10-15(22)20-17(24)21-16-13(18)3-2-4-14(16)19/h2-10H,1H3,(H2,20,21,22,24)/b10-7+. The molecular weight excluding hydrogens is 367 g/mol. The van der Waals surface area contributed by atoms with Gasteiger partial charge in [0.05, 0.1) is 22.8 Å². The Labute approximate surface area is 155 Å². The first-order chi connectivity index (χ1) is 11.5. The van der Waals surface area contributed by atoms with E-state index in [4.69, 9.17) is 40.2 Å². The van der Waals surface area contributed by atoms with E-state index in [-0.39, 0.29) is 11.0 Å². The first kappa shape index (κ1) is 18.3. The fourth-order valence-electron chi connectivity index (χ4n) is 1.80. The molecule has 2 rings (SSSR count). The van der Waals surface area contributed by atoms with E-state index in [9.17, 15) is 4.79 Å². The summed E-state index contributed by atoms with van der Waals surface area (Å²) in [5.41, 5.74) is 1.31. The molecule has 2 aromatic carbocycles. The Bertz CT molecular complexity index is 756. The van der Waals surface area contributed by atoms with E-state index in [1.54, 1.807) is 31.4 Å². The van der Waals surface area contributed by atoms with Crippen molar-refractivity contribution >= 4 is 58.2 Å². The van der Waals surface area contributed by atoms with Crippen LogP contribution >= 0.6 is 35.4 Å². The molecule has 0 saturated heterocycles. The summed E-state index contributed by atoms with van der Waals surface area (Å²) in [6.07, 6.45) is 3.05. The topological polar surface area (TPSA) is 50.4 Å². The lowest BCUT2D eigenvalue weighted by Gasteiger charge is -2.11. The normalized spacial score (nSPS) is 10.5. The van der Waals surface area contributed by atoms with Gasteiger partial charge in [0.25, 0.3) is 0 Å². The van der Waals surface area contributed by atoms with E-state index in [1.165, 1.54) is 6.08 Å². The summed E-state index contributed by atoms with van der Waals surface area (Å²) in [5, 5.41) is 6.26. The number of para-hydroxylation sites is 1. The van der Waals surface area contributed by atoms with Crippen LogP contribution in [0.1, 0.15) is 5.56 Å². The predicted octanol–water partition coefficient (Wildman–Crippen LogP) is 4.53. The molecule has 0 aliphatic carbocycles. The fraction of sp³-hybridized carbons (Fsp3) is 0.0588. The van der Waals surface area contributed by atoms with E-state index in [0.29, 0.717) is 15.7 Å². The van der Waals surface area contributed by atoms with Crippen LogP contribution in [0.25, 0.3) is 6.08 Å². The third-order valence-electron chi connectivity index (χ3n) is 2.98. The number of rotatable bonds is 4. The monoisotopic (exact) mass is 380 g/mol. The number of ether oxygens (including phenoxy) is 1. The lowest BCUT2D eigenvalue weighted by Crippen LogP contribution is -2.33. The van der Waals surface area contributed by atoms with Gasteiger partial charge in [-0.15, -0.1) is 0 Å². The van der Waals surface area contributed by atoms with E-state index in [1.807, 2.05) is 24.3 Å². The lowest BCUT2D eigenvalue weighted by molar-refractivity contribution is -0.115. The highest BCUT2D eigenvalue weighted by Gasteiger charge is 2.08. The molecule has 24 heavy (non-hydrogen) atoms. The van der Waals surface area contributed by atoms with E-state index < -0.39 is 0 Å². The number of anilines is 1. The Morgan fingerprint density at radius 2 is 1.75 bits per heavy atom. The van der Waals surface area contributed by atoms with Gasteiger partial charge in [0.1, 0.15) is 5.75 Å². The molecule has 0 atom stereocenters. The molecule has 0 spiro atoms. The molecule has 0 fully saturated rings. The van der Waals surface area contributed by atoms with E-state index >= 15 is 0 Å². The molecule has 0 bridgehead atoms. The molecule has 7 heteroatoms. The van der Waals surface area contributed by atoms with Crippen LogP contribution in [0.5, 0.6) is 5.75 Å². The van der Waals surface area contributed by atoms with Gasteiger partial charge in [-0.1, -0.05) is 41.4 Å². The van der Waals surface area contributed by atoms with Gasteiger partial charge in [-0.25, -0.2) is 0 Å². The molecule has 0 saturated carbocycles. The minimum atomic E-state index is -0.369. The minimum Gasteiger partial charge on any atom is -0.497 e. The molecule has 1 amide bonds. The van der Waals surface area contributed by atoms with Crippen molar-refractivity contribution in [1.82, 2.24) is 5.32 Å². The van der Waals surface area contributed by atoms with Crippen LogP contribution in [0.2, 0.25) is 10.0 Å². The number of benzene rings is 2. The van der Waals surface area contributed by atoms with Crippen molar-refractivity contribution in [2.45, 2.75) is 0 Å². The molecule has 0 aliphatic heterocycles. The zero-order valence-corrected chi connectivity index (χ0v) is 15.0. The van der Waals surface area contributed by atoms with Crippen LogP contribution in [0, 0.1) is 0 Å². The zero-order chi connectivity index (χ0) is 17.5. The minimum absolute atomic E-state index is 0.106. The molecule has 0 radical (unpaired) electrons. The van der Waals surface area contributed by atoms with E-state index in [0.717, 1.165) is 11.3 Å². The second kappa shape index (κ2) is 8.68. The quantitative estimate of drug-likeness (QED) is 0.604. The lowest BCUT2D eigenvalue weighted by atomic mass is 10.2. The van der Waals surface area contributed by atoms with Gasteiger partial charge in [0.2, 0.25) is 5.91 Å². The Morgan fingerprint density at radius 3 is 2.33 bits per heavy atom. The first-order valence-corrected chi connectivity index (χ1v) is 8.04. The summed E-state index contributed by atoms with van der Waals surface area (Å²) < 4.78 is 5.07. The van der Waals surface area contributed by atoms with Crippen LogP contribution in [-0.2, 0) is 4.79 Å². The second-order valence-corrected chi connectivity index (χ2v) is 5.87. The number of nitrogens with one attached hydrogen (secondary N) is 2. The summed E-state index contributed by atoms with van der Waals surface area (Å²) in [6, 6.07) is 12.3. The largest absolute Gasteiger partial charge is 0.497 e. The van der Waals surface area contributed by atoms with Crippen molar-refractivity contribution < 1.29 is 9.53 Å². The number of methoxy groups -OCH3 is 1. The molecule has 0 heterocycles. The van der Waals surface area contributed by atoms with Gasteiger partial charge >= 0.3 is 0 Å². The van der Waals surface area contributed by atoms with Gasteiger partial charge in [-0.2, -0.15) is 0 Å². The van der Waals surface area contributed by atoms with Crippen molar-refractivity contribution in [2.24, 2.45) is 0 Å². The summed E-state index contributed by atoms with van der Waals surface area (Å²) in [7, 11) is 1.59. The molecule has 0 aliphatic rings. The molecule has 124 valence electrons. The van der Waals surface area contributed by atoms with Crippen LogP contribution in [0.15, 0.2) is 48.5 Å². The highest BCUT2D eigenvalue weighted by Crippen LogP contribution is 2.29. The average Bonchev–Trinajstić information content (AvgIpc) is 2.57. The SMILES string of the molecule is COc1ccc(/C=C/C(=O)NC(=S)Nc2c(Cl)cccc2Cl)cc1. The maximum absolute atomic E-state index is 11.9. The summed E-state index contributed by atoms with van der Waals surface area (Å²) in [5.74, 6) is 0.380. The van der Waals surface area contributed by atoms with Crippen molar-refractivity contribution in [3.63, 3.8) is 0 Å².